The fraction of sp³-hybridized carbons (Fsp3) is 0.450. The Bertz CT molecular complexity index is 765. The summed E-state index contributed by atoms with van der Waals surface area (Å²) in [6.07, 6.45) is 4.79. The summed E-state index contributed by atoms with van der Waals surface area (Å²) in [7, 11) is 0. The Morgan fingerprint density at radius 2 is 2.23 bits per heavy atom. The van der Waals surface area contributed by atoms with E-state index in [1.54, 1.807) is 6.20 Å². The van der Waals surface area contributed by atoms with Gasteiger partial charge < -0.3 is 15.1 Å². The quantitative estimate of drug-likeness (QED) is 0.482. The van der Waals surface area contributed by atoms with Crippen LogP contribution in [0.1, 0.15) is 31.7 Å². The number of benzene rings is 1. The van der Waals surface area contributed by atoms with E-state index in [1.165, 1.54) is 5.56 Å². The van der Waals surface area contributed by atoms with Crippen LogP contribution in [-0.4, -0.2) is 42.4 Å². The lowest BCUT2D eigenvalue weighted by atomic mass is 10.1. The second-order valence-corrected chi connectivity index (χ2v) is 6.84. The highest BCUT2D eigenvalue weighted by Crippen LogP contribution is 2.32. The molecule has 1 fully saturated rings. The molecular formula is C20H24N4O2. The van der Waals surface area contributed by atoms with Gasteiger partial charge in [-0.2, -0.15) is 5.26 Å². The monoisotopic (exact) mass is 352 g/mol. The van der Waals surface area contributed by atoms with Crippen LogP contribution in [0.25, 0.3) is 0 Å². The van der Waals surface area contributed by atoms with Crippen molar-refractivity contribution in [1.29, 1.82) is 5.26 Å². The summed E-state index contributed by atoms with van der Waals surface area (Å²) >= 11 is 0. The number of hydrogen-bond acceptors (Lipinski definition) is 4. The van der Waals surface area contributed by atoms with Gasteiger partial charge in [0.15, 0.2) is 0 Å². The molecule has 1 atom stereocenters. The number of nitrogens with zero attached hydrogens (tertiary/aromatic N) is 3. The minimum absolute atomic E-state index is 0.103. The summed E-state index contributed by atoms with van der Waals surface area (Å²) < 4.78 is 0. The second-order valence-electron chi connectivity index (χ2n) is 6.84. The van der Waals surface area contributed by atoms with E-state index in [0.717, 1.165) is 25.1 Å². The van der Waals surface area contributed by atoms with Gasteiger partial charge in [-0.05, 0) is 37.8 Å². The fourth-order valence-corrected chi connectivity index (χ4v) is 3.57. The molecule has 2 heterocycles. The molecular weight excluding hydrogens is 328 g/mol. The summed E-state index contributed by atoms with van der Waals surface area (Å²) in [6.45, 7) is 3.99. The summed E-state index contributed by atoms with van der Waals surface area (Å²) in [6, 6.07) is 10.3. The molecule has 1 aromatic rings. The summed E-state index contributed by atoms with van der Waals surface area (Å²) in [5.41, 5.74) is 2.38. The van der Waals surface area contributed by atoms with Gasteiger partial charge in [-0.3, -0.25) is 9.59 Å². The molecule has 2 aliphatic heterocycles. The average molecular weight is 352 g/mol. The number of hydrogen-bond donors (Lipinski definition) is 1. The molecule has 6 heteroatoms. The number of para-hydroxylation sites is 1. The molecule has 6 nitrogen and oxygen atoms in total. The van der Waals surface area contributed by atoms with Crippen molar-refractivity contribution in [1.82, 2.24) is 10.2 Å². The first-order chi connectivity index (χ1) is 12.6. The summed E-state index contributed by atoms with van der Waals surface area (Å²) in [5.74, 6) is -0.174. The molecule has 1 N–H and O–H groups in total. The molecule has 2 amide bonds. The highest BCUT2D eigenvalue weighted by molar-refractivity contribution is 5.97. The third-order valence-corrected chi connectivity index (χ3v) is 4.95. The van der Waals surface area contributed by atoms with Crippen molar-refractivity contribution >= 4 is 17.5 Å². The molecule has 0 bridgehead atoms. The van der Waals surface area contributed by atoms with E-state index >= 15 is 0 Å². The highest BCUT2D eigenvalue weighted by Gasteiger charge is 2.25. The topological polar surface area (TPSA) is 76.4 Å². The molecule has 136 valence electrons. The van der Waals surface area contributed by atoms with E-state index in [2.05, 4.69) is 18.3 Å². The van der Waals surface area contributed by atoms with Gasteiger partial charge in [-0.1, -0.05) is 18.2 Å². The molecule has 0 aromatic heterocycles. The number of amides is 2. The van der Waals surface area contributed by atoms with E-state index in [1.807, 2.05) is 34.1 Å². The summed E-state index contributed by atoms with van der Waals surface area (Å²) in [4.78, 5) is 27.7. The van der Waals surface area contributed by atoms with Crippen molar-refractivity contribution in [3.8, 4) is 6.07 Å². The first-order valence-corrected chi connectivity index (χ1v) is 9.14. The van der Waals surface area contributed by atoms with E-state index in [9.17, 15) is 14.9 Å². The van der Waals surface area contributed by atoms with Gasteiger partial charge in [0.2, 0.25) is 5.91 Å². The number of carbonyl (C=O) groups excluding carboxylic acids is 2. The Hall–Kier alpha value is -2.81. The van der Waals surface area contributed by atoms with E-state index in [-0.39, 0.29) is 23.4 Å². The summed E-state index contributed by atoms with van der Waals surface area (Å²) in [5, 5.41) is 12.2. The molecule has 3 rings (SSSR count). The van der Waals surface area contributed by atoms with Gasteiger partial charge in [0.25, 0.3) is 5.91 Å². The second kappa shape index (κ2) is 8.05. The Labute approximate surface area is 154 Å². The first kappa shape index (κ1) is 18.0. The zero-order valence-electron chi connectivity index (χ0n) is 15.1. The minimum Gasteiger partial charge on any atom is -0.351 e. The molecule has 2 aliphatic rings. The number of carbonyl (C=O) groups is 2. The van der Waals surface area contributed by atoms with E-state index in [4.69, 9.17) is 0 Å². The Morgan fingerprint density at radius 1 is 1.42 bits per heavy atom. The fourth-order valence-electron chi connectivity index (χ4n) is 3.57. The van der Waals surface area contributed by atoms with Gasteiger partial charge in [-0.15, -0.1) is 0 Å². The van der Waals surface area contributed by atoms with Crippen molar-refractivity contribution in [2.24, 2.45) is 0 Å². The zero-order valence-corrected chi connectivity index (χ0v) is 15.1. The number of rotatable bonds is 6. The Morgan fingerprint density at radius 3 is 2.96 bits per heavy atom. The smallest absolute Gasteiger partial charge is 0.263 e. The van der Waals surface area contributed by atoms with Crippen LogP contribution >= 0.6 is 0 Å². The molecule has 26 heavy (non-hydrogen) atoms. The SMILES string of the molecule is CC1Cc2ccccc2N1/C=C(/C#N)C(=O)NCCCN1CCCC1=O. The molecule has 1 saturated heterocycles. The number of likely N-dealkylation sites (tertiary alicyclic amines) is 1. The molecule has 0 aliphatic carbocycles. The predicted molar refractivity (Wildman–Crippen MR) is 99.2 cm³/mol. The zero-order chi connectivity index (χ0) is 18.5. The third-order valence-electron chi connectivity index (χ3n) is 4.95. The van der Waals surface area contributed by atoms with Gasteiger partial charge in [-0.25, -0.2) is 0 Å². The largest absolute Gasteiger partial charge is 0.351 e. The van der Waals surface area contributed by atoms with E-state index in [0.29, 0.717) is 25.9 Å². The maximum atomic E-state index is 12.3. The lowest BCUT2D eigenvalue weighted by Gasteiger charge is -2.20. The molecule has 0 saturated carbocycles. The van der Waals surface area contributed by atoms with Gasteiger partial charge >= 0.3 is 0 Å². The van der Waals surface area contributed by atoms with Crippen molar-refractivity contribution in [2.45, 2.75) is 38.6 Å². The van der Waals surface area contributed by atoms with Crippen molar-refractivity contribution in [3.05, 3.63) is 41.6 Å². The van der Waals surface area contributed by atoms with E-state index < -0.39 is 0 Å². The van der Waals surface area contributed by atoms with Crippen molar-refractivity contribution in [2.75, 3.05) is 24.5 Å². The maximum Gasteiger partial charge on any atom is 0.263 e. The standard InChI is InChI=1S/C20H24N4O2/c1-15-12-16-6-2-3-7-18(16)24(15)14-17(13-21)20(26)22-9-5-11-23-10-4-8-19(23)25/h2-3,6-7,14-15H,4-5,8-12H2,1H3,(H,22,26)/b17-14-. The number of nitriles is 1. The molecule has 1 aromatic carbocycles. The molecule has 0 radical (unpaired) electrons. The number of nitrogens with one attached hydrogen (secondary N) is 1. The van der Waals surface area contributed by atoms with Gasteiger partial charge in [0, 0.05) is 44.0 Å². The Kier molecular flexibility index (Phi) is 5.57. The molecule has 1 unspecified atom stereocenters. The predicted octanol–water partition coefficient (Wildman–Crippen LogP) is 1.97. The number of fused-ring (bicyclic) bond motifs is 1. The lowest BCUT2D eigenvalue weighted by Crippen LogP contribution is -2.32. The van der Waals surface area contributed by atoms with Gasteiger partial charge in [0.1, 0.15) is 11.6 Å². The lowest BCUT2D eigenvalue weighted by molar-refractivity contribution is -0.127. The van der Waals surface area contributed by atoms with Crippen LogP contribution in [0.2, 0.25) is 0 Å². The Balaban J connectivity index is 1.56. The van der Waals surface area contributed by atoms with Crippen molar-refractivity contribution < 1.29 is 9.59 Å². The first-order valence-electron chi connectivity index (χ1n) is 9.14. The van der Waals surface area contributed by atoms with Crippen molar-refractivity contribution in [3.63, 3.8) is 0 Å². The van der Waals surface area contributed by atoms with Crippen LogP contribution in [0, 0.1) is 11.3 Å². The van der Waals surface area contributed by atoms with Crippen LogP contribution in [0.15, 0.2) is 36.0 Å². The third kappa shape index (κ3) is 3.88. The average Bonchev–Trinajstić information content (AvgIpc) is 3.19. The maximum absolute atomic E-state index is 12.3. The van der Waals surface area contributed by atoms with Crippen LogP contribution in [0.5, 0.6) is 0 Å². The van der Waals surface area contributed by atoms with Crippen LogP contribution in [0.4, 0.5) is 5.69 Å². The van der Waals surface area contributed by atoms with Crippen LogP contribution in [-0.2, 0) is 16.0 Å². The molecule has 0 spiro atoms. The van der Waals surface area contributed by atoms with Crippen LogP contribution < -0.4 is 10.2 Å². The highest BCUT2D eigenvalue weighted by atomic mass is 16.2. The van der Waals surface area contributed by atoms with Gasteiger partial charge in [0.05, 0.1) is 0 Å². The minimum atomic E-state index is -0.364. The van der Waals surface area contributed by atoms with Crippen LogP contribution in [0.3, 0.4) is 0 Å². The normalized spacial score (nSPS) is 19.5. The number of anilines is 1.